The molecular formula is C16H25NO3S3. The summed E-state index contributed by atoms with van der Waals surface area (Å²) in [6.45, 7) is 1.69. The molecule has 0 bridgehead atoms. The van der Waals surface area contributed by atoms with Crippen molar-refractivity contribution in [2.45, 2.75) is 61.1 Å². The molecule has 0 saturated heterocycles. The predicted octanol–water partition coefficient (Wildman–Crippen LogP) is 4.43. The quantitative estimate of drug-likeness (QED) is 0.605. The van der Waals surface area contributed by atoms with Crippen LogP contribution in [0.5, 0.6) is 0 Å². The molecule has 1 fully saturated rings. The average molecular weight is 376 g/mol. The van der Waals surface area contributed by atoms with Gasteiger partial charge in [-0.15, -0.1) is 12.6 Å². The van der Waals surface area contributed by atoms with Crippen LogP contribution in [0.4, 0.5) is 5.69 Å². The van der Waals surface area contributed by atoms with Crippen LogP contribution in [0.1, 0.15) is 45.4 Å². The van der Waals surface area contributed by atoms with E-state index in [1.807, 2.05) is 11.8 Å². The third-order valence-electron chi connectivity index (χ3n) is 4.04. The maximum absolute atomic E-state index is 9.79. The standard InChI is InChI=1S/C13H17NS2.C3H8O3S/c15-13-14(10-6-2-1-3-7-10)11-8-4-5-9-12(11)16-13;1-2-3-7(4,5)6/h4-5,8-10,13,15H,1-3,6-7H2;2-3H2,1H3,(H,4,5,6). The lowest BCUT2D eigenvalue weighted by Crippen LogP contribution is -2.38. The minimum Gasteiger partial charge on any atom is -0.347 e. The van der Waals surface area contributed by atoms with E-state index in [0.29, 0.717) is 17.2 Å². The van der Waals surface area contributed by atoms with Crippen molar-refractivity contribution in [3.8, 4) is 0 Å². The second kappa shape index (κ2) is 8.65. The Balaban J connectivity index is 0.000000236. The molecule has 0 radical (unpaired) electrons. The molecular weight excluding hydrogens is 350 g/mol. The third kappa shape index (κ3) is 5.59. The number of anilines is 1. The Labute approximate surface area is 149 Å². The highest BCUT2D eigenvalue weighted by Gasteiger charge is 2.33. The van der Waals surface area contributed by atoms with Gasteiger partial charge in [0.25, 0.3) is 10.1 Å². The number of hydrogen-bond donors (Lipinski definition) is 2. The van der Waals surface area contributed by atoms with Crippen LogP contribution in [0.25, 0.3) is 0 Å². The largest absolute Gasteiger partial charge is 0.347 e. The van der Waals surface area contributed by atoms with Crippen molar-refractivity contribution in [2.75, 3.05) is 10.7 Å². The molecule has 0 aromatic heterocycles. The molecule has 1 saturated carbocycles. The molecule has 1 aromatic carbocycles. The summed E-state index contributed by atoms with van der Waals surface area (Å²) in [5.41, 5.74) is 1.40. The molecule has 2 aliphatic rings. The van der Waals surface area contributed by atoms with E-state index in [4.69, 9.17) is 17.2 Å². The Hall–Kier alpha value is -0.370. The molecule has 7 heteroatoms. The molecule has 0 amide bonds. The zero-order valence-electron chi connectivity index (χ0n) is 13.4. The lowest BCUT2D eigenvalue weighted by molar-refractivity contribution is 0.423. The number of nitrogens with zero attached hydrogens (tertiary/aromatic N) is 1. The van der Waals surface area contributed by atoms with E-state index < -0.39 is 10.1 Å². The van der Waals surface area contributed by atoms with Crippen LogP contribution in [0.3, 0.4) is 0 Å². The molecule has 1 aliphatic carbocycles. The van der Waals surface area contributed by atoms with Crippen molar-refractivity contribution in [2.24, 2.45) is 0 Å². The lowest BCUT2D eigenvalue weighted by Gasteiger charge is -2.35. The van der Waals surface area contributed by atoms with Crippen molar-refractivity contribution in [1.82, 2.24) is 0 Å². The minimum atomic E-state index is -3.67. The summed E-state index contributed by atoms with van der Waals surface area (Å²) in [6, 6.07) is 9.43. The highest BCUT2D eigenvalue weighted by molar-refractivity contribution is 8.11. The maximum Gasteiger partial charge on any atom is 0.264 e. The first-order valence-electron chi connectivity index (χ1n) is 8.09. The topological polar surface area (TPSA) is 57.6 Å². The van der Waals surface area contributed by atoms with E-state index in [-0.39, 0.29) is 5.75 Å². The van der Waals surface area contributed by atoms with Crippen LogP contribution in [-0.2, 0) is 10.1 Å². The molecule has 130 valence electrons. The smallest absolute Gasteiger partial charge is 0.264 e. The molecule has 1 aromatic rings. The first-order chi connectivity index (χ1) is 10.9. The maximum atomic E-state index is 9.79. The second-order valence-electron chi connectivity index (χ2n) is 5.90. The summed E-state index contributed by atoms with van der Waals surface area (Å²) >= 11 is 6.61. The van der Waals surface area contributed by atoms with Gasteiger partial charge in [-0.05, 0) is 31.4 Å². The van der Waals surface area contributed by atoms with Gasteiger partial charge in [-0.1, -0.05) is 50.1 Å². The SMILES string of the molecule is CCCS(=O)(=O)O.SC1Sc2ccccc2N1C1CCCCC1. The highest BCUT2D eigenvalue weighted by Crippen LogP contribution is 2.47. The number of hydrogen-bond acceptors (Lipinski definition) is 5. The van der Waals surface area contributed by atoms with E-state index in [2.05, 4.69) is 29.2 Å². The summed E-state index contributed by atoms with van der Waals surface area (Å²) in [5, 5.41) is 0. The predicted molar refractivity (Wildman–Crippen MR) is 101 cm³/mol. The molecule has 4 nitrogen and oxygen atoms in total. The van der Waals surface area contributed by atoms with Gasteiger partial charge < -0.3 is 4.90 Å². The van der Waals surface area contributed by atoms with Gasteiger partial charge in [0.1, 0.15) is 4.71 Å². The molecule has 3 rings (SSSR count). The zero-order chi connectivity index (χ0) is 16.9. The summed E-state index contributed by atoms with van der Waals surface area (Å²) in [5.74, 6) is -0.132. The summed E-state index contributed by atoms with van der Waals surface area (Å²) in [4.78, 5) is 3.93. The van der Waals surface area contributed by atoms with Crippen molar-refractivity contribution >= 4 is 40.2 Å². The Kier molecular flexibility index (Phi) is 7.13. The number of fused-ring (bicyclic) bond motifs is 1. The van der Waals surface area contributed by atoms with E-state index in [1.165, 1.54) is 42.7 Å². The second-order valence-corrected chi connectivity index (χ2v) is 9.43. The molecule has 23 heavy (non-hydrogen) atoms. The minimum absolute atomic E-state index is 0.132. The van der Waals surface area contributed by atoms with E-state index in [0.717, 1.165) is 0 Å². The first kappa shape index (κ1) is 19.0. The number of benzene rings is 1. The summed E-state index contributed by atoms with van der Waals surface area (Å²) < 4.78 is 27.9. The Morgan fingerprint density at radius 3 is 2.48 bits per heavy atom. The van der Waals surface area contributed by atoms with Gasteiger partial charge in [0.15, 0.2) is 0 Å². The number of thiol groups is 1. The van der Waals surface area contributed by atoms with Crippen molar-refractivity contribution in [3.05, 3.63) is 24.3 Å². The highest BCUT2D eigenvalue weighted by atomic mass is 32.2. The fourth-order valence-corrected chi connectivity index (χ4v) is 5.30. The normalized spacial score (nSPS) is 21.5. The van der Waals surface area contributed by atoms with Gasteiger partial charge in [-0.25, -0.2) is 0 Å². The molecule has 1 atom stereocenters. The van der Waals surface area contributed by atoms with Crippen LogP contribution >= 0.6 is 24.4 Å². The van der Waals surface area contributed by atoms with Crippen molar-refractivity contribution < 1.29 is 13.0 Å². The summed E-state index contributed by atoms with van der Waals surface area (Å²) in [6.07, 6.45) is 7.33. The van der Waals surface area contributed by atoms with Crippen LogP contribution in [0.15, 0.2) is 29.2 Å². The van der Waals surface area contributed by atoms with E-state index in [9.17, 15) is 8.42 Å². The van der Waals surface area contributed by atoms with Gasteiger partial charge >= 0.3 is 0 Å². The van der Waals surface area contributed by atoms with Crippen LogP contribution < -0.4 is 4.90 Å². The Bertz CT molecular complexity index is 600. The van der Waals surface area contributed by atoms with E-state index in [1.54, 1.807) is 6.92 Å². The lowest BCUT2D eigenvalue weighted by atomic mass is 9.94. The van der Waals surface area contributed by atoms with E-state index >= 15 is 0 Å². The molecule has 1 N–H and O–H groups in total. The third-order valence-corrected chi connectivity index (χ3v) is 6.57. The van der Waals surface area contributed by atoms with Gasteiger partial charge in [0, 0.05) is 10.9 Å². The Morgan fingerprint density at radius 2 is 1.91 bits per heavy atom. The van der Waals surface area contributed by atoms with Gasteiger partial charge in [0.2, 0.25) is 0 Å². The summed E-state index contributed by atoms with van der Waals surface area (Å²) in [7, 11) is -3.67. The number of rotatable bonds is 3. The molecule has 1 unspecified atom stereocenters. The number of thioether (sulfide) groups is 1. The van der Waals surface area contributed by atoms with Crippen molar-refractivity contribution in [1.29, 1.82) is 0 Å². The fraction of sp³-hybridized carbons (Fsp3) is 0.625. The fourth-order valence-electron chi connectivity index (χ4n) is 3.05. The van der Waals surface area contributed by atoms with Gasteiger partial charge in [-0.2, -0.15) is 8.42 Å². The Morgan fingerprint density at radius 1 is 1.26 bits per heavy atom. The molecule has 1 heterocycles. The van der Waals surface area contributed by atoms with Gasteiger partial charge in [0.05, 0.1) is 11.4 Å². The zero-order valence-corrected chi connectivity index (χ0v) is 15.9. The van der Waals surface area contributed by atoms with Crippen LogP contribution in [0.2, 0.25) is 0 Å². The number of para-hydroxylation sites is 1. The van der Waals surface area contributed by atoms with Crippen molar-refractivity contribution in [3.63, 3.8) is 0 Å². The molecule has 0 spiro atoms. The van der Waals surface area contributed by atoms with Crippen LogP contribution in [0, 0.1) is 0 Å². The monoisotopic (exact) mass is 375 g/mol. The average Bonchev–Trinajstić information content (AvgIpc) is 2.83. The molecule has 1 aliphatic heterocycles. The van der Waals surface area contributed by atoms with Gasteiger partial charge in [-0.3, -0.25) is 4.55 Å². The van der Waals surface area contributed by atoms with Crippen LogP contribution in [-0.4, -0.2) is 29.5 Å². The first-order valence-corrected chi connectivity index (χ1v) is 11.1.